The highest BCUT2D eigenvalue weighted by Crippen LogP contribution is 2.45. The van der Waals surface area contributed by atoms with Crippen molar-refractivity contribution in [2.45, 2.75) is 6.54 Å². The van der Waals surface area contributed by atoms with Gasteiger partial charge in [-0.25, -0.2) is 0 Å². The first-order valence-electron chi connectivity index (χ1n) is 17.1. The van der Waals surface area contributed by atoms with Gasteiger partial charge in [-0.15, -0.1) is 0 Å². The van der Waals surface area contributed by atoms with Crippen LogP contribution in [0.2, 0.25) is 0 Å². The maximum Gasteiger partial charge on any atom is 0.159 e. The van der Waals surface area contributed by atoms with Crippen molar-refractivity contribution >= 4 is 66.4 Å². The van der Waals surface area contributed by atoms with E-state index in [1.807, 2.05) is 6.20 Å². The normalized spacial score (nSPS) is 12.4. The second-order valence-electron chi connectivity index (χ2n) is 13.0. The number of rotatable bonds is 5. The molecule has 236 valence electrons. The molecule has 8 aromatic carbocycles. The molecule has 50 heavy (non-hydrogen) atoms. The molecule has 1 N–H and O–H groups in total. The van der Waals surface area contributed by atoms with E-state index < -0.39 is 0 Å². The Hall–Kier alpha value is -6.58. The first-order chi connectivity index (χ1) is 24.8. The fourth-order valence-electron chi connectivity index (χ4n) is 7.73. The van der Waals surface area contributed by atoms with Crippen molar-refractivity contribution in [3.8, 4) is 22.3 Å². The van der Waals surface area contributed by atoms with Gasteiger partial charge in [0.2, 0.25) is 0 Å². The van der Waals surface area contributed by atoms with Gasteiger partial charge in [0.1, 0.15) is 5.76 Å². The second kappa shape index (κ2) is 11.5. The summed E-state index contributed by atoms with van der Waals surface area (Å²) in [4.78, 5) is 2.36. The van der Waals surface area contributed by atoms with Gasteiger partial charge in [0.25, 0.3) is 0 Å². The third-order valence-corrected chi connectivity index (χ3v) is 10.1. The quantitative estimate of drug-likeness (QED) is 0.190. The van der Waals surface area contributed by atoms with Crippen molar-refractivity contribution in [3.63, 3.8) is 0 Å². The highest BCUT2D eigenvalue weighted by Gasteiger charge is 2.23. The van der Waals surface area contributed by atoms with Crippen LogP contribution in [-0.4, -0.2) is 0 Å². The second-order valence-corrected chi connectivity index (χ2v) is 13.0. The number of nitrogens with one attached hydrogen (secondary N) is 1. The van der Waals surface area contributed by atoms with Gasteiger partial charge in [0.15, 0.2) is 5.58 Å². The highest BCUT2D eigenvalue weighted by atomic mass is 16.3. The molecule has 0 atom stereocenters. The molecule has 0 unspecified atom stereocenters. The smallest absolute Gasteiger partial charge is 0.159 e. The number of benzene rings is 8. The molecule has 0 radical (unpaired) electrons. The van der Waals surface area contributed by atoms with Gasteiger partial charge in [-0.05, 0) is 97.2 Å². The summed E-state index contributed by atoms with van der Waals surface area (Å²) in [7, 11) is 0. The van der Waals surface area contributed by atoms with Crippen molar-refractivity contribution in [1.82, 2.24) is 5.32 Å². The van der Waals surface area contributed by atoms with Crippen LogP contribution in [0.5, 0.6) is 0 Å². The summed E-state index contributed by atoms with van der Waals surface area (Å²) >= 11 is 0. The SMILES string of the molecule is C1=Cc2c(oc3c(N(c4cccc(-c5ccc(-c6ccccc6)cc5)c4)c4ccc5c6ccccc6c6ccccc6c5c4)cccc23)CN1. The van der Waals surface area contributed by atoms with E-state index in [9.17, 15) is 0 Å². The number of anilines is 3. The molecule has 10 rings (SSSR count). The van der Waals surface area contributed by atoms with Gasteiger partial charge in [-0.1, -0.05) is 133 Å². The van der Waals surface area contributed by atoms with Gasteiger partial charge < -0.3 is 14.6 Å². The third-order valence-electron chi connectivity index (χ3n) is 10.1. The Morgan fingerprint density at radius 3 is 1.74 bits per heavy atom. The molecule has 0 aliphatic carbocycles. The lowest BCUT2D eigenvalue weighted by Gasteiger charge is -2.27. The Kier molecular flexibility index (Phi) is 6.56. The maximum atomic E-state index is 6.68. The molecular weight excluding hydrogens is 609 g/mol. The molecule has 0 spiro atoms. The van der Waals surface area contributed by atoms with Crippen molar-refractivity contribution in [2.75, 3.05) is 4.90 Å². The van der Waals surface area contributed by atoms with Crippen LogP contribution in [0.25, 0.3) is 71.6 Å². The largest absolute Gasteiger partial charge is 0.456 e. The first kappa shape index (κ1) is 28.4. The summed E-state index contributed by atoms with van der Waals surface area (Å²) in [6.45, 7) is 0.670. The topological polar surface area (TPSA) is 28.4 Å². The lowest BCUT2D eigenvalue weighted by molar-refractivity contribution is 0.533. The van der Waals surface area contributed by atoms with Crippen LogP contribution < -0.4 is 10.2 Å². The van der Waals surface area contributed by atoms with Crippen LogP contribution in [0.3, 0.4) is 0 Å². The Morgan fingerprint density at radius 1 is 0.440 bits per heavy atom. The number of nitrogens with zero attached hydrogens (tertiary/aromatic N) is 1. The molecule has 1 aromatic heterocycles. The van der Waals surface area contributed by atoms with Crippen LogP contribution in [0.15, 0.2) is 174 Å². The third kappa shape index (κ3) is 4.59. The van der Waals surface area contributed by atoms with E-state index >= 15 is 0 Å². The van der Waals surface area contributed by atoms with Crippen molar-refractivity contribution in [3.05, 3.63) is 181 Å². The van der Waals surface area contributed by atoms with E-state index in [0.717, 1.165) is 44.9 Å². The maximum absolute atomic E-state index is 6.68. The average molecular weight is 641 g/mol. The van der Waals surface area contributed by atoms with Gasteiger partial charge in [0, 0.05) is 22.3 Å². The van der Waals surface area contributed by atoms with Crippen molar-refractivity contribution in [1.29, 1.82) is 0 Å². The van der Waals surface area contributed by atoms with Crippen LogP contribution in [0.4, 0.5) is 17.1 Å². The van der Waals surface area contributed by atoms with Crippen molar-refractivity contribution < 1.29 is 4.42 Å². The number of para-hydroxylation sites is 1. The Morgan fingerprint density at radius 2 is 1.00 bits per heavy atom. The van der Waals surface area contributed by atoms with E-state index in [1.54, 1.807) is 0 Å². The van der Waals surface area contributed by atoms with Gasteiger partial charge in [-0.3, -0.25) is 0 Å². The molecule has 1 aliphatic rings. The summed E-state index contributed by atoms with van der Waals surface area (Å²) in [5.74, 6) is 0.957. The fourth-order valence-corrected chi connectivity index (χ4v) is 7.73. The summed E-state index contributed by atoms with van der Waals surface area (Å²) in [5, 5.41) is 12.0. The summed E-state index contributed by atoms with van der Waals surface area (Å²) in [5.41, 5.74) is 9.92. The molecule has 0 saturated carbocycles. The zero-order valence-corrected chi connectivity index (χ0v) is 27.3. The number of fused-ring (bicyclic) bond motifs is 9. The predicted octanol–water partition coefficient (Wildman–Crippen LogP) is 12.8. The van der Waals surface area contributed by atoms with E-state index in [4.69, 9.17) is 4.42 Å². The van der Waals surface area contributed by atoms with Crippen molar-refractivity contribution in [2.24, 2.45) is 0 Å². The molecule has 3 heteroatoms. The van der Waals surface area contributed by atoms with E-state index in [1.165, 1.54) is 49.0 Å². The molecule has 3 nitrogen and oxygen atoms in total. The molecule has 2 heterocycles. The first-order valence-corrected chi connectivity index (χ1v) is 17.1. The summed E-state index contributed by atoms with van der Waals surface area (Å²) < 4.78 is 6.68. The molecule has 0 amide bonds. The van der Waals surface area contributed by atoms with Gasteiger partial charge in [-0.2, -0.15) is 0 Å². The molecule has 0 bridgehead atoms. The standard InChI is InChI=1S/C47H32N2O/c1-2-10-31(11-3-1)32-20-22-33(23-21-32)34-12-8-13-35(28-34)49(45-19-9-18-43-42-26-27-48-30-46(42)50-47(43)45)36-24-25-41-39-16-5-4-14-37(39)38-15-6-7-17-40(38)44(41)29-36/h1-29,48H,30H2. The molecule has 9 aromatic rings. The lowest BCUT2D eigenvalue weighted by Crippen LogP contribution is -2.10. The number of furan rings is 1. The van der Waals surface area contributed by atoms with Crippen LogP contribution in [0, 0.1) is 0 Å². The minimum absolute atomic E-state index is 0.670. The van der Waals surface area contributed by atoms with Crippen LogP contribution >= 0.6 is 0 Å². The molecular formula is C47H32N2O. The lowest BCUT2D eigenvalue weighted by atomic mass is 9.94. The van der Waals surface area contributed by atoms with E-state index in [2.05, 4.69) is 180 Å². The van der Waals surface area contributed by atoms with E-state index in [-0.39, 0.29) is 0 Å². The average Bonchev–Trinajstić information content (AvgIpc) is 3.58. The summed E-state index contributed by atoms with van der Waals surface area (Å²) in [6, 6.07) is 59.2. The molecule has 0 fully saturated rings. The Labute approximate surface area is 290 Å². The Balaban J connectivity index is 1.19. The Bertz CT molecular complexity index is 2720. The zero-order chi connectivity index (χ0) is 33.0. The minimum atomic E-state index is 0.670. The van der Waals surface area contributed by atoms with Crippen LogP contribution in [-0.2, 0) is 6.54 Å². The highest BCUT2D eigenvalue weighted by molar-refractivity contribution is 6.25. The zero-order valence-electron chi connectivity index (χ0n) is 27.3. The molecule has 1 aliphatic heterocycles. The van der Waals surface area contributed by atoms with Gasteiger partial charge >= 0.3 is 0 Å². The van der Waals surface area contributed by atoms with Gasteiger partial charge in [0.05, 0.1) is 12.2 Å². The molecule has 0 saturated heterocycles. The summed E-state index contributed by atoms with van der Waals surface area (Å²) in [6.07, 6.45) is 4.12. The fraction of sp³-hybridized carbons (Fsp3) is 0.0213. The minimum Gasteiger partial charge on any atom is -0.456 e. The predicted molar refractivity (Wildman–Crippen MR) is 210 cm³/mol. The number of hydrogen-bond acceptors (Lipinski definition) is 3. The van der Waals surface area contributed by atoms with Crippen LogP contribution in [0.1, 0.15) is 11.3 Å². The van der Waals surface area contributed by atoms with E-state index in [0.29, 0.717) is 6.54 Å². The monoisotopic (exact) mass is 640 g/mol. The number of hydrogen-bond donors (Lipinski definition) is 1.